The quantitative estimate of drug-likeness (QED) is 0.214. The Kier molecular flexibility index (Phi) is 9.73. The number of halogens is 2. The molecule has 0 aromatic heterocycles. The molecule has 156 valence electrons. The van der Waals surface area contributed by atoms with Crippen LogP contribution in [0.3, 0.4) is 0 Å². The summed E-state index contributed by atoms with van der Waals surface area (Å²) in [6, 6.07) is 15.9. The number of aliphatic imine (C=N–C) groups is 1. The summed E-state index contributed by atoms with van der Waals surface area (Å²) in [6.45, 7) is 4.26. The molecule has 0 fully saturated rings. The zero-order valence-electron chi connectivity index (χ0n) is 16.6. The second-order valence-electron chi connectivity index (χ2n) is 6.91. The van der Waals surface area contributed by atoms with Crippen molar-refractivity contribution in [1.29, 1.82) is 0 Å². The van der Waals surface area contributed by atoms with Crippen LogP contribution in [0.4, 0.5) is 5.69 Å². The smallest absolute Gasteiger partial charge is 0.225 e. The van der Waals surface area contributed by atoms with Crippen LogP contribution >= 0.6 is 35.6 Å². The lowest BCUT2D eigenvalue weighted by Gasteiger charge is -2.24. The van der Waals surface area contributed by atoms with Gasteiger partial charge in [0.25, 0.3) is 0 Å². The number of nitrogens with zero attached hydrogens (tertiary/aromatic N) is 1. The Labute approximate surface area is 194 Å². The summed E-state index contributed by atoms with van der Waals surface area (Å²) in [7, 11) is 0. The highest BCUT2D eigenvalue weighted by Gasteiger charge is 2.24. The van der Waals surface area contributed by atoms with Crippen LogP contribution in [0.15, 0.2) is 53.5 Å². The molecule has 1 atom stereocenters. The van der Waals surface area contributed by atoms with Crippen LogP contribution in [0.1, 0.15) is 36.8 Å². The lowest BCUT2D eigenvalue weighted by molar-refractivity contribution is -0.116. The molecule has 1 unspecified atom stereocenters. The van der Waals surface area contributed by atoms with Crippen molar-refractivity contribution in [3.8, 4) is 0 Å². The van der Waals surface area contributed by atoms with Crippen molar-refractivity contribution in [2.45, 2.75) is 32.1 Å². The fourth-order valence-corrected chi connectivity index (χ4v) is 3.48. The molecule has 1 heterocycles. The van der Waals surface area contributed by atoms with E-state index in [-0.39, 0.29) is 35.8 Å². The molecular weight excluding hydrogens is 499 g/mol. The van der Waals surface area contributed by atoms with Crippen molar-refractivity contribution < 1.29 is 4.79 Å². The molecule has 1 aliphatic rings. The van der Waals surface area contributed by atoms with Gasteiger partial charge in [0.05, 0.1) is 6.54 Å². The van der Waals surface area contributed by atoms with Crippen LogP contribution in [0.25, 0.3) is 0 Å². The number of fused-ring (bicyclic) bond motifs is 1. The second-order valence-corrected chi connectivity index (χ2v) is 7.35. The topological polar surface area (TPSA) is 65.5 Å². The molecule has 29 heavy (non-hydrogen) atoms. The van der Waals surface area contributed by atoms with E-state index in [2.05, 4.69) is 34.1 Å². The Hall–Kier alpha value is -1.80. The van der Waals surface area contributed by atoms with Gasteiger partial charge in [0.15, 0.2) is 5.96 Å². The Morgan fingerprint density at radius 1 is 1.17 bits per heavy atom. The summed E-state index contributed by atoms with van der Waals surface area (Å²) < 4.78 is 0. The molecule has 0 radical (unpaired) electrons. The van der Waals surface area contributed by atoms with E-state index >= 15 is 0 Å². The zero-order chi connectivity index (χ0) is 19.8. The Bertz CT molecular complexity index is 826. The van der Waals surface area contributed by atoms with E-state index in [1.807, 2.05) is 37.3 Å². The summed E-state index contributed by atoms with van der Waals surface area (Å²) in [5.41, 5.74) is 3.34. The van der Waals surface area contributed by atoms with Crippen molar-refractivity contribution >= 4 is 53.1 Å². The molecule has 0 bridgehead atoms. The van der Waals surface area contributed by atoms with Crippen LogP contribution in [0.5, 0.6) is 0 Å². The number of hydrogen-bond donors (Lipinski definition) is 3. The van der Waals surface area contributed by atoms with Gasteiger partial charge in [-0.3, -0.25) is 9.79 Å². The summed E-state index contributed by atoms with van der Waals surface area (Å²) >= 11 is 5.93. The fraction of sp³-hybridized carbons (Fsp3) is 0.364. The summed E-state index contributed by atoms with van der Waals surface area (Å²) in [4.78, 5) is 16.7. The van der Waals surface area contributed by atoms with Crippen LogP contribution in [-0.2, 0) is 11.2 Å². The largest absolute Gasteiger partial charge is 0.357 e. The number of rotatable bonds is 7. The van der Waals surface area contributed by atoms with Gasteiger partial charge in [0.1, 0.15) is 0 Å². The molecule has 7 heteroatoms. The molecule has 2 aromatic carbocycles. The number of carbonyl (C=O) groups excluding carboxylic acids is 1. The van der Waals surface area contributed by atoms with Gasteiger partial charge in [-0.05, 0) is 49.1 Å². The third-order valence-corrected chi connectivity index (χ3v) is 5.02. The first-order chi connectivity index (χ1) is 13.7. The van der Waals surface area contributed by atoms with Gasteiger partial charge in [0, 0.05) is 36.1 Å². The Balaban J connectivity index is 0.00000300. The van der Waals surface area contributed by atoms with E-state index in [1.54, 1.807) is 0 Å². The number of hydrogen-bond acceptors (Lipinski definition) is 2. The van der Waals surface area contributed by atoms with Gasteiger partial charge >= 0.3 is 0 Å². The molecule has 3 rings (SSSR count). The first-order valence-corrected chi connectivity index (χ1v) is 10.2. The van der Waals surface area contributed by atoms with Crippen LogP contribution in [-0.4, -0.2) is 31.5 Å². The van der Waals surface area contributed by atoms with E-state index in [0.29, 0.717) is 13.0 Å². The monoisotopic (exact) mass is 526 g/mol. The number of carbonyl (C=O) groups is 1. The second kappa shape index (κ2) is 12.0. The number of benzene rings is 2. The number of para-hydroxylation sites is 1. The van der Waals surface area contributed by atoms with Crippen LogP contribution < -0.4 is 16.0 Å². The molecule has 3 N–H and O–H groups in total. The molecule has 1 aliphatic heterocycles. The van der Waals surface area contributed by atoms with Crippen molar-refractivity contribution in [2.24, 2.45) is 4.99 Å². The summed E-state index contributed by atoms with van der Waals surface area (Å²) in [5.74, 6) is 0.955. The SMILES string of the molecule is CCNC(=NCC1CC(=O)Nc2ccccc21)NCCCc1ccc(Cl)cc1.I. The highest BCUT2D eigenvalue weighted by Crippen LogP contribution is 2.31. The average Bonchev–Trinajstić information content (AvgIpc) is 2.70. The lowest BCUT2D eigenvalue weighted by Crippen LogP contribution is -2.38. The highest BCUT2D eigenvalue weighted by atomic mass is 127. The predicted octanol–water partition coefficient (Wildman–Crippen LogP) is 4.57. The fourth-order valence-electron chi connectivity index (χ4n) is 3.36. The minimum Gasteiger partial charge on any atom is -0.357 e. The minimum atomic E-state index is 0. The highest BCUT2D eigenvalue weighted by molar-refractivity contribution is 14.0. The van der Waals surface area contributed by atoms with Gasteiger partial charge in [-0.15, -0.1) is 24.0 Å². The predicted molar refractivity (Wildman–Crippen MR) is 132 cm³/mol. The van der Waals surface area contributed by atoms with E-state index in [0.717, 1.165) is 48.2 Å². The molecule has 0 saturated heterocycles. The zero-order valence-corrected chi connectivity index (χ0v) is 19.7. The number of anilines is 1. The van der Waals surface area contributed by atoms with Crippen molar-refractivity contribution in [3.05, 3.63) is 64.7 Å². The van der Waals surface area contributed by atoms with Crippen molar-refractivity contribution in [1.82, 2.24) is 10.6 Å². The molecule has 2 aromatic rings. The maximum atomic E-state index is 12.0. The molecule has 1 amide bonds. The van der Waals surface area contributed by atoms with Crippen molar-refractivity contribution in [3.63, 3.8) is 0 Å². The van der Waals surface area contributed by atoms with E-state index in [4.69, 9.17) is 16.6 Å². The molecule has 0 spiro atoms. The van der Waals surface area contributed by atoms with E-state index < -0.39 is 0 Å². The lowest BCUT2D eigenvalue weighted by atomic mass is 9.91. The van der Waals surface area contributed by atoms with Crippen molar-refractivity contribution in [2.75, 3.05) is 25.0 Å². The van der Waals surface area contributed by atoms with Gasteiger partial charge in [-0.2, -0.15) is 0 Å². The first kappa shape index (κ1) is 23.5. The van der Waals surface area contributed by atoms with Crippen LogP contribution in [0.2, 0.25) is 5.02 Å². The van der Waals surface area contributed by atoms with Crippen LogP contribution in [0, 0.1) is 0 Å². The Morgan fingerprint density at radius 2 is 1.93 bits per heavy atom. The minimum absolute atomic E-state index is 0. The molecule has 0 saturated carbocycles. The van der Waals surface area contributed by atoms with E-state index in [1.165, 1.54) is 5.56 Å². The third kappa shape index (κ3) is 7.19. The Morgan fingerprint density at radius 3 is 2.69 bits per heavy atom. The van der Waals surface area contributed by atoms with Gasteiger partial charge < -0.3 is 16.0 Å². The number of guanidine groups is 1. The number of amides is 1. The van der Waals surface area contributed by atoms with Gasteiger partial charge in [-0.1, -0.05) is 41.9 Å². The average molecular weight is 527 g/mol. The third-order valence-electron chi connectivity index (χ3n) is 4.77. The molecule has 0 aliphatic carbocycles. The molecule has 5 nitrogen and oxygen atoms in total. The first-order valence-electron chi connectivity index (χ1n) is 9.81. The standard InChI is InChI=1S/C22H27ClN4O.HI/c1-2-24-22(25-13-5-6-16-9-11-18(23)12-10-16)26-15-17-14-21(28)27-20-8-4-3-7-19(17)20;/h3-4,7-12,17H,2,5-6,13-15H2,1H3,(H,27,28)(H2,24,25,26);1H. The summed E-state index contributed by atoms with van der Waals surface area (Å²) in [5, 5.41) is 10.4. The summed E-state index contributed by atoms with van der Waals surface area (Å²) in [6.07, 6.45) is 2.46. The maximum Gasteiger partial charge on any atom is 0.225 e. The maximum absolute atomic E-state index is 12.0. The van der Waals surface area contributed by atoms with Gasteiger partial charge in [-0.25, -0.2) is 0 Å². The number of aryl methyl sites for hydroxylation is 1. The van der Waals surface area contributed by atoms with Gasteiger partial charge in [0.2, 0.25) is 5.91 Å². The number of nitrogens with one attached hydrogen (secondary N) is 3. The molecular formula is C22H28ClIN4O. The van der Waals surface area contributed by atoms with E-state index in [9.17, 15) is 4.79 Å². The normalized spacial score (nSPS) is 15.7.